The van der Waals surface area contributed by atoms with Crippen LogP contribution >= 0.6 is 31.9 Å². The molecule has 0 unspecified atom stereocenters. The third kappa shape index (κ3) is 3.47. The molecule has 0 spiro atoms. The molecule has 0 saturated carbocycles. The molecular weight excluding hydrogens is 580 g/mol. The third-order valence-electron chi connectivity index (χ3n) is 7.63. The van der Waals surface area contributed by atoms with Gasteiger partial charge in [-0.2, -0.15) is 0 Å². The Morgan fingerprint density at radius 3 is 1.70 bits per heavy atom. The first-order valence-electron chi connectivity index (χ1n) is 12.4. The van der Waals surface area contributed by atoms with Gasteiger partial charge in [0.2, 0.25) is 0 Å². The van der Waals surface area contributed by atoms with E-state index in [4.69, 9.17) is 0 Å². The third-order valence-corrected chi connectivity index (χ3v) is 8.55. The van der Waals surface area contributed by atoms with E-state index in [1.807, 2.05) is 0 Å². The monoisotopic (exact) mass is 600 g/mol. The molecule has 6 aromatic rings. The van der Waals surface area contributed by atoms with Crippen molar-refractivity contribution in [1.82, 2.24) is 0 Å². The minimum atomic E-state index is -0.453. The molecule has 0 nitrogen and oxygen atoms in total. The highest BCUT2D eigenvalue weighted by Gasteiger charge is 2.44. The first-order valence-corrected chi connectivity index (χ1v) is 14.0. The van der Waals surface area contributed by atoms with Gasteiger partial charge in [0.15, 0.2) is 0 Å². The maximum atomic E-state index is 3.69. The lowest BCUT2D eigenvalue weighted by molar-refractivity contribution is 0.750. The highest BCUT2D eigenvalue weighted by molar-refractivity contribution is 9.11. The molecular formula is C35H22Br2. The maximum absolute atomic E-state index is 3.69. The molecule has 0 N–H and O–H groups in total. The summed E-state index contributed by atoms with van der Waals surface area (Å²) in [5, 5.41) is 2.61. The van der Waals surface area contributed by atoms with E-state index < -0.39 is 5.41 Å². The van der Waals surface area contributed by atoms with Crippen molar-refractivity contribution in [2.75, 3.05) is 0 Å². The van der Waals surface area contributed by atoms with Crippen LogP contribution in [-0.4, -0.2) is 0 Å². The Bertz CT molecular complexity index is 1720. The van der Waals surface area contributed by atoms with Gasteiger partial charge in [0.1, 0.15) is 0 Å². The van der Waals surface area contributed by atoms with Crippen LogP contribution in [0.3, 0.4) is 0 Å². The van der Waals surface area contributed by atoms with Gasteiger partial charge >= 0.3 is 0 Å². The van der Waals surface area contributed by atoms with Crippen LogP contribution in [0.5, 0.6) is 0 Å². The van der Waals surface area contributed by atoms with E-state index in [0.717, 1.165) is 8.95 Å². The lowest BCUT2D eigenvalue weighted by Gasteiger charge is -2.42. The van der Waals surface area contributed by atoms with Crippen molar-refractivity contribution >= 4 is 42.6 Å². The summed E-state index contributed by atoms with van der Waals surface area (Å²) in [5.41, 5.74) is 9.70. The van der Waals surface area contributed by atoms with Crippen molar-refractivity contribution in [3.8, 4) is 22.3 Å². The van der Waals surface area contributed by atoms with Crippen LogP contribution in [0.15, 0.2) is 142 Å². The number of rotatable bonds is 3. The summed E-state index contributed by atoms with van der Waals surface area (Å²) < 4.78 is 2.11. The minimum Gasteiger partial charge on any atom is -0.0622 e. The molecule has 0 heterocycles. The summed E-state index contributed by atoms with van der Waals surface area (Å²) in [5.74, 6) is 0. The van der Waals surface area contributed by atoms with E-state index in [1.165, 1.54) is 55.3 Å². The zero-order valence-electron chi connectivity index (χ0n) is 20.0. The molecule has 0 radical (unpaired) electrons. The topological polar surface area (TPSA) is 0 Å². The van der Waals surface area contributed by atoms with E-state index in [0.29, 0.717) is 0 Å². The molecule has 1 aliphatic carbocycles. The smallest absolute Gasteiger partial charge is 0.0622 e. The number of hydrogen-bond donors (Lipinski definition) is 0. The molecule has 0 bridgehead atoms. The Labute approximate surface area is 233 Å². The SMILES string of the molecule is Brc1cc(Br)cc(-c2ccc3c(c2)C(c2ccccc2)(c2ccccc2)c2cccc4cccc-3c24)c1. The van der Waals surface area contributed by atoms with E-state index in [9.17, 15) is 0 Å². The lowest BCUT2D eigenvalue weighted by Crippen LogP contribution is -2.34. The van der Waals surface area contributed by atoms with Gasteiger partial charge in [-0.15, -0.1) is 0 Å². The Balaban J connectivity index is 1.68. The van der Waals surface area contributed by atoms with Crippen LogP contribution < -0.4 is 0 Å². The van der Waals surface area contributed by atoms with Crippen LogP contribution in [0.1, 0.15) is 22.3 Å². The van der Waals surface area contributed by atoms with Crippen LogP contribution in [0, 0.1) is 0 Å². The fraction of sp³-hybridized carbons (Fsp3) is 0.0286. The van der Waals surface area contributed by atoms with Crippen LogP contribution in [0.2, 0.25) is 0 Å². The first-order chi connectivity index (χ1) is 18.2. The quantitative estimate of drug-likeness (QED) is 0.189. The van der Waals surface area contributed by atoms with Crippen molar-refractivity contribution in [3.63, 3.8) is 0 Å². The minimum absolute atomic E-state index is 0.453. The van der Waals surface area contributed by atoms with Crippen molar-refractivity contribution in [3.05, 3.63) is 165 Å². The van der Waals surface area contributed by atoms with E-state index >= 15 is 0 Å². The van der Waals surface area contributed by atoms with E-state index in [1.54, 1.807) is 0 Å². The average molecular weight is 602 g/mol. The lowest BCUT2D eigenvalue weighted by atomic mass is 9.59. The van der Waals surface area contributed by atoms with Gasteiger partial charge in [-0.05, 0) is 79.5 Å². The molecule has 176 valence electrons. The standard InChI is InChI=1S/C35H22Br2/c36-28-19-25(20-29(37)22-28)24-17-18-30-31-15-7-9-23-10-8-16-32(34(23)31)35(33(30)21-24,26-11-3-1-4-12-26)27-13-5-2-6-14-27/h1-22H. The second-order valence-electron chi connectivity index (χ2n) is 9.61. The van der Waals surface area contributed by atoms with Gasteiger partial charge in [0.05, 0.1) is 5.41 Å². The summed E-state index contributed by atoms with van der Waals surface area (Å²) in [6.45, 7) is 0. The van der Waals surface area contributed by atoms with Gasteiger partial charge in [-0.3, -0.25) is 0 Å². The van der Waals surface area contributed by atoms with Gasteiger partial charge in [0.25, 0.3) is 0 Å². The molecule has 0 saturated heterocycles. The Kier molecular flexibility index (Phi) is 5.42. The normalized spacial score (nSPS) is 13.4. The van der Waals surface area contributed by atoms with Crippen molar-refractivity contribution in [1.29, 1.82) is 0 Å². The van der Waals surface area contributed by atoms with Crippen LogP contribution in [-0.2, 0) is 5.41 Å². The summed E-state index contributed by atoms with van der Waals surface area (Å²) in [6.07, 6.45) is 0. The molecule has 7 rings (SSSR count). The van der Waals surface area contributed by atoms with Gasteiger partial charge < -0.3 is 0 Å². The van der Waals surface area contributed by atoms with Gasteiger partial charge in [0, 0.05) is 8.95 Å². The molecule has 0 aromatic heterocycles. The fourth-order valence-corrected chi connectivity index (χ4v) is 7.47. The molecule has 0 amide bonds. The van der Waals surface area contributed by atoms with Crippen molar-refractivity contribution in [2.24, 2.45) is 0 Å². The van der Waals surface area contributed by atoms with Gasteiger partial charge in [-0.1, -0.05) is 141 Å². The Morgan fingerprint density at radius 2 is 1.05 bits per heavy atom. The second-order valence-corrected chi connectivity index (χ2v) is 11.4. The highest BCUT2D eigenvalue weighted by atomic mass is 79.9. The predicted molar refractivity (Wildman–Crippen MR) is 162 cm³/mol. The molecule has 0 atom stereocenters. The van der Waals surface area contributed by atoms with Crippen molar-refractivity contribution < 1.29 is 0 Å². The molecule has 6 aromatic carbocycles. The molecule has 37 heavy (non-hydrogen) atoms. The molecule has 1 aliphatic rings. The van der Waals surface area contributed by atoms with E-state index in [2.05, 4.69) is 165 Å². The second kappa shape index (κ2) is 8.83. The largest absolute Gasteiger partial charge is 0.0713 e. The van der Waals surface area contributed by atoms with Crippen LogP contribution in [0.4, 0.5) is 0 Å². The number of fused-ring (bicyclic) bond motifs is 2. The van der Waals surface area contributed by atoms with Gasteiger partial charge in [-0.25, -0.2) is 0 Å². The zero-order chi connectivity index (χ0) is 25.0. The fourth-order valence-electron chi connectivity index (χ4n) is 6.18. The average Bonchev–Trinajstić information content (AvgIpc) is 2.94. The van der Waals surface area contributed by atoms with E-state index in [-0.39, 0.29) is 0 Å². The summed E-state index contributed by atoms with van der Waals surface area (Å²) in [7, 11) is 0. The number of halogens is 2. The molecule has 0 aliphatic heterocycles. The Morgan fingerprint density at radius 1 is 0.432 bits per heavy atom. The summed E-state index contributed by atoms with van der Waals surface area (Å²) >= 11 is 7.38. The zero-order valence-corrected chi connectivity index (χ0v) is 23.1. The predicted octanol–water partition coefficient (Wildman–Crippen LogP) is 10.4. The van der Waals surface area contributed by atoms with Crippen molar-refractivity contribution in [2.45, 2.75) is 5.41 Å². The van der Waals surface area contributed by atoms with Crippen LogP contribution in [0.25, 0.3) is 33.0 Å². The number of hydrogen-bond acceptors (Lipinski definition) is 0. The summed E-state index contributed by atoms with van der Waals surface area (Å²) in [6, 6.07) is 48.9. The first kappa shape index (κ1) is 22.7. The summed E-state index contributed by atoms with van der Waals surface area (Å²) in [4.78, 5) is 0. The molecule has 2 heteroatoms. The Hall–Kier alpha value is -3.46. The number of benzene rings is 6. The highest BCUT2D eigenvalue weighted by Crippen LogP contribution is 2.55. The maximum Gasteiger partial charge on any atom is 0.0713 e. The molecule has 0 fully saturated rings.